The fourth-order valence-corrected chi connectivity index (χ4v) is 4.57. The highest BCUT2D eigenvalue weighted by Crippen LogP contribution is 2.24. The molecule has 1 heterocycles. The van der Waals surface area contributed by atoms with Crippen LogP contribution in [0.15, 0.2) is 66.7 Å². The minimum absolute atomic E-state index is 0.00690. The van der Waals surface area contributed by atoms with Crippen LogP contribution in [0.25, 0.3) is 6.08 Å². The van der Waals surface area contributed by atoms with Crippen molar-refractivity contribution in [1.82, 2.24) is 9.80 Å². The first-order valence-electron chi connectivity index (χ1n) is 11.9. The van der Waals surface area contributed by atoms with Gasteiger partial charge in [-0.3, -0.25) is 9.69 Å². The molecule has 5 nitrogen and oxygen atoms in total. The molecule has 3 aromatic carbocycles. The Morgan fingerprint density at radius 2 is 1.69 bits per heavy atom. The van der Waals surface area contributed by atoms with Gasteiger partial charge in [0, 0.05) is 54.4 Å². The predicted molar refractivity (Wildman–Crippen MR) is 146 cm³/mol. The molecule has 0 aromatic heterocycles. The van der Waals surface area contributed by atoms with Crippen LogP contribution in [0.5, 0.6) is 11.5 Å². The monoisotopic (exact) mass is 524 g/mol. The van der Waals surface area contributed by atoms with E-state index in [9.17, 15) is 4.79 Å². The molecule has 1 amide bonds. The second-order valence-electron chi connectivity index (χ2n) is 8.84. The molecule has 1 fully saturated rings. The normalized spacial score (nSPS) is 14.3. The van der Waals surface area contributed by atoms with Crippen molar-refractivity contribution in [2.75, 3.05) is 33.3 Å². The third-order valence-corrected chi connectivity index (χ3v) is 6.82. The van der Waals surface area contributed by atoms with Gasteiger partial charge in [-0.25, -0.2) is 0 Å². The number of hydrogen-bond acceptors (Lipinski definition) is 4. The zero-order valence-corrected chi connectivity index (χ0v) is 22.1. The molecule has 0 bridgehead atoms. The van der Waals surface area contributed by atoms with Crippen molar-refractivity contribution < 1.29 is 14.3 Å². The largest absolute Gasteiger partial charge is 0.496 e. The Morgan fingerprint density at radius 1 is 0.944 bits per heavy atom. The number of aryl methyl sites for hydroxylation is 1. The molecule has 1 aliphatic rings. The molecular formula is C29H30Cl2N2O3. The molecule has 36 heavy (non-hydrogen) atoms. The van der Waals surface area contributed by atoms with Gasteiger partial charge in [-0.05, 0) is 60.5 Å². The average molecular weight is 525 g/mol. The first-order chi connectivity index (χ1) is 17.4. The van der Waals surface area contributed by atoms with Crippen LogP contribution in [0, 0.1) is 6.92 Å². The summed E-state index contributed by atoms with van der Waals surface area (Å²) in [6.45, 7) is 6.10. The van der Waals surface area contributed by atoms with Crippen molar-refractivity contribution in [3.63, 3.8) is 0 Å². The van der Waals surface area contributed by atoms with Crippen molar-refractivity contribution in [3.8, 4) is 11.5 Å². The number of benzene rings is 3. The molecular weight excluding hydrogens is 495 g/mol. The van der Waals surface area contributed by atoms with E-state index < -0.39 is 0 Å². The van der Waals surface area contributed by atoms with Gasteiger partial charge in [0.2, 0.25) is 5.91 Å². The van der Waals surface area contributed by atoms with E-state index in [2.05, 4.69) is 4.90 Å². The number of halogens is 2. The first-order valence-corrected chi connectivity index (χ1v) is 12.7. The summed E-state index contributed by atoms with van der Waals surface area (Å²) in [5, 5.41) is 1.31. The maximum Gasteiger partial charge on any atom is 0.246 e. The number of rotatable bonds is 8. The van der Waals surface area contributed by atoms with E-state index in [1.165, 1.54) is 5.56 Å². The molecule has 0 aliphatic carbocycles. The molecule has 0 radical (unpaired) electrons. The smallest absolute Gasteiger partial charge is 0.246 e. The summed E-state index contributed by atoms with van der Waals surface area (Å²) in [4.78, 5) is 17.0. The fraction of sp³-hybridized carbons (Fsp3) is 0.276. The van der Waals surface area contributed by atoms with Gasteiger partial charge >= 0.3 is 0 Å². The maximum absolute atomic E-state index is 12.8. The number of piperazine rings is 1. The molecule has 3 aromatic rings. The number of methoxy groups -OCH3 is 1. The standard InChI is InChI=1S/C29H30Cl2N2O3/c1-21-3-9-26(10-4-21)36-20-24-17-22(5-11-28(24)35-2)6-12-29(34)33-15-13-32(14-16-33)19-23-7-8-25(30)18-27(23)31/h3-12,17-18H,13-16,19-20H2,1-2H3/b12-6+. The molecule has 1 saturated heterocycles. The summed E-state index contributed by atoms with van der Waals surface area (Å²) in [7, 11) is 1.64. The summed E-state index contributed by atoms with van der Waals surface area (Å²) in [5.74, 6) is 1.56. The molecule has 7 heteroatoms. The van der Waals surface area contributed by atoms with Crippen LogP contribution in [0.1, 0.15) is 22.3 Å². The van der Waals surface area contributed by atoms with E-state index in [1.807, 2.05) is 72.5 Å². The number of hydrogen-bond donors (Lipinski definition) is 0. The Kier molecular flexibility index (Phi) is 8.92. The minimum Gasteiger partial charge on any atom is -0.496 e. The zero-order chi connectivity index (χ0) is 25.5. The first kappa shape index (κ1) is 26.1. The number of nitrogens with zero attached hydrogens (tertiary/aromatic N) is 2. The van der Waals surface area contributed by atoms with Crippen LogP contribution in [0.3, 0.4) is 0 Å². The van der Waals surface area contributed by atoms with Crippen molar-refractivity contribution >= 4 is 35.2 Å². The summed E-state index contributed by atoms with van der Waals surface area (Å²) in [5.41, 5.74) is 4.07. The molecule has 1 aliphatic heterocycles. The highest BCUT2D eigenvalue weighted by Gasteiger charge is 2.20. The second-order valence-corrected chi connectivity index (χ2v) is 9.69. The third kappa shape index (κ3) is 7.03. The Hall–Kier alpha value is -2.99. The van der Waals surface area contributed by atoms with E-state index >= 15 is 0 Å². The van der Waals surface area contributed by atoms with Crippen molar-refractivity contribution in [1.29, 1.82) is 0 Å². The fourth-order valence-electron chi connectivity index (χ4n) is 4.10. The quantitative estimate of drug-likeness (QED) is 0.326. The van der Waals surface area contributed by atoms with Gasteiger partial charge in [-0.2, -0.15) is 0 Å². The van der Waals surface area contributed by atoms with Gasteiger partial charge in [0.05, 0.1) is 7.11 Å². The summed E-state index contributed by atoms with van der Waals surface area (Å²) in [6, 6.07) is 19.3. The molecule has 0 saturated carbocycles. The maximum atomic E-state index is 12.8. The van der Waals surface area contributed by atoms with Crippen LogP contribution < -0.4 is 9.47 Å². The van der Waals surface area contributed by atoms with Crippen LogP contribution in [0.2, 0.25) is 10.0 Å². The molecule has 0 unspecified atom stereocenters. The van der Waals surface area contributed by atoms with Gasteiger partial charge in [0.1, 0.15) is 18.1 Å². The average Bonchev–Trinajstić information content (AvgIpc) is 2.89. The highest BCUT2D eigenvalue weighted by atomic mass is 35.5. The van der Waals surface area contributed by atoms with Gasteiger partial charge < -0.3 is 14.4 Å². The lowest BCUT2D eigenvalue weighted by molar-refractivity contribution is -0.127. The summed E-state index contributed by atoms with van der Waals surface area (Å²) < 4.78 is 11.4. The van der Waals surface area contributed by atoms with Gasteiger partial charge in [0.15, 0.2) is 0 Å². The Morgan fingerprint density at radius 3 is 2.39 bits per heavy atom. The molecule has 0 spiro atoms. The predicted octanol–water partition coefficient (Wildman–Crippen LogP) is 6.25. The SMILES string of the molecule is COc1ccc(/C=C/C(=O)N2CCN(Cc3ccc(Cl)cc3Cl)CC2)cc1COc1ccc(C)cc1. The second kappa shape index (κ2) is 12.3. The number of ether oxygens (including phenoxy) is 2. The van der Waals surface area contributed by atoms with E-state index in [1.54, 1.807) is 19.3 Å². The lowest BCUT2D eigenvalue weighted by atomic mass is 10.1. The number of carbonyl (C=O) groups excluding carboxylic acids is 1. The van der Waals surface area contributed by atoms with Crippen molar-refractivity contribution in [2.45, 2.75) is 20.1 Å². The van der Waals surface area contributed by atoms with E-state index in [4.69, 9.17) is 32.7 Å². The lowest BCUT2D eigenvalue weighted by Crippen LogP contribution is -2.47. The van der Waals surface area contributed by atoms with Crippen molar-refractivity contribution in [3.05, 3.63) is 99.0 Å². The summed E-state index contributed by atoms with van der Waals surface area (Å²) >= 11 is 12.3. The van der Waals surface area contributed by atoms with Crippen LogP contribution in [0.4, 0.5) is 0 Å². The summed E-state index contributed by atoms with van der Waals surface area (Å²) in [6.07, 6.45) is 3.48. The number of carbonyl (C=O) groups is 1. The minimum atomic E-state index is 0.00690. The number of amides is 1. The molecule has 4 rings (SSSR count). The Balaban J connectivity index is 1.32. The van der Waals surface area contributed by atoms with E-state index in [0.717, 1.165) is 47.8 Å². The Bertz CT molecular complexity index is 1220. The van der Waals surface area contributed by atoms with Gasteiger partial charge in [-0.15, -0.1) is 0 Å². The van der Waals surface area contributed by atoms with E-state index in [0.29, 0.717) is 29.7 Å². The highest BCUT2D eigenvalue weighted by molar-refractivity contribution is 6.35. The third-order valence-electron chi connectivity index (χ3n) is 6.23. The lowest BCUT2D eigenvalue weighted by Gasteiger charge is -2.34. The van der Waals surface area contributed by atoms with E-state index in [-0.39, 0.29) is 5.91 Å². The van der Waals surface area contributed by atoms with Crippen LogP contribution >= 0.6 is 23.2 Å². The molecule has 0 N–H and O–H groups in total. The van der Waals surface area contributed by atoms with Crippen LogP contribution in [-0.2, 0) is 17.9 Å². The van der Waals surface area contributed by atoms with Crippen LogP contribution in [-0.4, -0.2) is 49.0 Å². The van der Waals surface area contributed by atoms with Gasteiger partial charge in [0.25, 0.3) is 0 Å². The Labute approximate surface area is 222 Å². The molecule has 188 valence electrons. The topological polar surface area (TPSA) is 42.0 Å². The molecule has 0 atom stereocenters. The van der Waals surface area contributed by atoms with Gasteiger partial charge in [-0.1, -0.05) is 53.0 Å². The zero-order valence-electron chi connectivity index (χ0n) is 20.5. The van der Waals surface area contributed by atoms with Crippen molar-refractivity contribution in [2.24, 2.45) is 0 Å².